The molecule has 0 bridgehead atoms. The van der Waals surface area contributed by atoms with Gasteiger partial charge >= 0.3 is 0 Å². The molecule has 1 aromatic carbocycles. The van der Waals surface area contributed by atoms with Crippen LogP contribution in [-0.4, -0.2) is 52.6 Å². The SMILES string of the molecule is Cl.Cl.O=S(=O)(NCCN1CCNCC1)c1ccc(Cl)cc1F. The van der Waals surface area contributed by atoms with E-state index in [0.717, 1.165) is 32.2 Å². The molecule has 0 amide bonds. The van der Waals surface area contributed by atoms with E-state index in [0.29, 0.717) is 6.54 Å². The fraction of sp³-hybridized carbons (Fsp3) is 0.500. The van der Waals surface area contributed by atoms with Crippen LogP contribution in [0.1, 0.15) is 0 Å². The number of rotatable bonds is 5. The lowest BCUT2D eigenvalue weighted by Gasteiger charge is -2.27. The van der Waals surface area contributed by atoms with Gasteiger partial charge in [0.25, 0.3) is 0 Å². The number of hydrogen-bond donors (Lipinski definition) is 2. The third kappa shape index (κ3) is 6.16. The highest BCUT2D eigenvalue weighted by molar-refractivity contribution is 7.89. The molecule has 0 atom stereocenters. The Morgan fingerprint density at radius 3 is 2.50 bits per heavy atom. The summed E-state index contributed by atoms with van der Waals surface area (Å²) in [6, 6.07) is 3.52. The lowest BCUT2D eigenvalue weighted by Crippen LogP contribution is -2.46. The van der Waals surface area contributed by atoms with Crippen molar-refractivity contribution in [3.63, 3.8) is 0 Å². The summed E-state index contributed by atoms with van der Waals surface area (Å²) in [6.45, 7) is 4.44. The van der Waals surface area contributed by atoms with Crippen LogP contribution in [0.5, 0.6) is 0 Å². The van der Waals surface area contributed by atoms with Crippen LogP contribution in [0.25, 0.3) is 0 Å². The molecule has 0 radical (unpaired) electrons. The van der Waals surface area contributed by atoms with Gasteiger partial charge in [-0.15, -0.1) is 24.8 Å². The second-order valence-corrected chi connectivity index (χ2v) is 6.74. The maximum absolute atomic E-state index is 13.6. The van der Waals surface area contributed by atoms with E-state index in [9.17, 15) is 12.8 Å². The summed E-state index contributed by atoms with van der Waals surface area (Å²) in [4.78, 5) is 1.78. The minimum atomic E-state index is -3.83. The first kappa shape index (κ1) is 21.9. The highest BCUT2D eigenvalue weighted by Gasteiger charge is 2.19. The van der Waals surface area contributed by atoms with Crippen molar-refractivity contribution in [2.75, 3.05) is 39.3 Å². The lowest BCUT2D eigenvalue weighted by molar-refractivity contribution is 0.245. The summed E-state index contributed by atoms with van der Waals surface area (Å²) in [5, 5.41) is 3.39. The number of benzene rings is 1. The number of nitrogens with one attached hydrogen (secondary N) is 2. The van der Waals surface area contributed by atoms with Gasteiger partial charge in [-0.1, -0.05) is 11.6 Å². The van der Waals surface area contributed by atoms with Gasteiger partial charge in [-0.25, -0.2) is 17.5 Å². The highest BCUT2D eigenvalue weighted by Crippen LogP contribution is 2.18. The van der Waals surface area contributed by atoms with Crippen molar-refractivity contribution in [3.8, 4) is 0 Å². The monoisotopic (exact) mass is 393 g/mol. The summed E-state index contributed by atoms with van der Waals surface area (Å²) in [7, 11) is -3.83. The van der Waals surface area contributed by atoms with Gasteiger partial charge in [-0.05, 0) is 18.2 Å². The summed E-state index contributed by atoms with van der Waals surface area (Å²) < 4.78 is 40.0. The molecule has 1 heterocycles. The highest BCUT2D eigenvalue weighted by atomic mass is 35.5. The molecule has 0 aromatic heterocycles. The lowest BCUT2D eigenvalue weighted by atomic mass is 10.3. The molecule has 0 spiro atoms. The number of halogens is 4. The zero-order valence-corrected chi connectivity index (χ0v) is 14.9. The summed E-state index contributed by atoms with van der Waals surface area (Å²) in [5.74, 6) is -0.841. The van der Waals surface area contributed by atoms with Crippen molar-refractivity contribution in [2.45, 2.75) is 4.90 Å². The zero-order chi connectivity index (χ0) is 14.6. The van der Waals surface area contributed by atoms with Crippen molar-refractivity contribution in [1.29, 1.82) is 0 Å². The number of nitrogens with zero attached hydrogens (tertiary/aromatic N) is 1. The van der Waals surface area contributed by atoms with E-state index in [1.54, 1.807) is 0 Å². The van der Waals surface area contributed by atoms with Crippen LogP contribution in [0, 0.1) is 5.82 Å². The number of piperazine rings is 1. The van der Waals surface area contributed by atoms with E-state index >= 15 is 0 Å². The van der Waals surface area contributed by atoms with E-state index in [4.69, 9.17) is 11.6 Å². The molecule has 1 aromatic rings. The molecule has 1 aliphatic heterocycles. The summed E-state index contributed by atoms with van der Waals surface area (Å²) in [5.41, 5.74) is 0. The van der Waals surface area contributed by atoms with Gasteiger partial charge in [-0.3, -0.25) is 4.90 Å². The smallest absolute Gasteiger partial charge is 0.243 e. The first-order chi connectivity index (χ1) is 9.49. The van der Waals surface area contributed by atoms with Gasteiger partial charge in [0.2, 0.25) is 10.0 Å². The fourth-order valence-corrected chi connectivity index (χ4v) is 3.28. The topological polar surface area (TPSA) is 61.4 Å². The molecule has 22 heavy (non-hydrogen) atoms. The molecule has 2 rings (SSSR count). The first-order valence-corrected chi connectivity index (χ1v) is 8.23. The quantitative estimate of drug-likeness (QED) is 0.795. The molecule has 10 heteroatoms. The van der Waals surface area contributed by atoms with E-state index in [1.807, 2.05) is 0 Å². The Kier molecular flexibility index (Phi) is 9.80. The molecule has 0 unspecified atom stereocenters. The average molecular weight is 395 g/mol. The maximum Gasteiger partial charge on any atom is 0.243 e. The summed E-state index contributed by atoms with van der Waals surface area (Å²) in [6.07, 6.45) is 0. The van der Waals surface area contributed by atoms with Crippen molar-refractivity contribution in [2.24, 2.45) is 0 Å². The normalized spacial score (nSPS) is 15.7. The molecule has 1 aliphatic rings. The molecule has 2 N–H and O–H groups in total. The van der Waals surface area contributed by atoms with Crippen LogP contribution in [-0.2, 0) is 10.0 Å². The van der Waals surface area contributed by atoms with E-state index < -0.39 is 15.8 Å². The molecular formula is C12H19Cl3FN3O2S. The average Bonchev–Trinajstić information content (AvgIpc) is 2.39. The molecule has 5 nitrogen and oxygen atoms in total. The van der Waals surface area contributed by atoms with E-state index in [2.05, 4.69) is 14.9 Å². The Balaban J connectivity index is 0.00000220. The fourth-order valence-electron chi connectivity index (χ4n) is 2.04. The Morgan fingerprint density at radius 2 is 1.91 bits per heavy atom. The zero-order valence-electron chi connectivity index (χ0n) is 11.7. The summed E-state index contributed by atoms with van der Waals surface area (Å²) >= 11 is 5.61. The second-order valence-electron chi connectivity index (χ2n) is 4.56. The Labute approximate surface area is 147 Å². The minimum absolute atomic E-state index is 0. The van der Waals surface area contributed by atoms with Crippen LogP contribution in [0.3, 0.4) is 0 Å². The Hall–Kier alpha value is -0.150. The van der Waals surface area contributed by atoms with E-state index in [-0.39, 0.29) is 41.3 Å². The second kappa shape index (κ2) is 9.87. The minimum Gasteiger partial charge on any atom is -0.314 e. The third-order valence-corrected chi connectivity index (χ3v) is 4.84. The van der Waals surface area contributed by atoms with Crippen LogP contribution >= 0.6 is 36.4 Å². The number of hydrogen-bond acceptors (Lipinski definition) is 4. The maximum atomic E-state index is 13.6. The molecule has 1 saturated heterocycles. The van der Waals surface area contributed by atoms with Crippen molar-refractivity contribution < 1.29 is 12.8 Å². The largest absolute Gasteiger partial charge is 0.314 e. The van der Waals surface area contributed by atoms with Crippen LogP contribution in [0.15, 0.2) is 23.1 Å². The third-order valence-electron chi connectivity index (χ3n) is 3.11. The Bertz CT molecular complexity index is 569. The molecule has 1 fully saturated rings. The van der Waals surface area contributed by atoms with Crippen molar-refractivity contribution in [1.82, 2.24) is 14.9 Å². The van der Waals surface area contributed by atoms with Gasteiger partial charge in [-0.2, -0.15) is 0 Å². The van der Waals surface area contributed by atoms with Crippen LogP contribution in [0.2, 0.25) is 5.02 Å². The first-order valence-electron chi connectivity index (χ1n) is 6.37. The molecule has 128 valence electrons. The van der Waals surface area contributed by atoms with Gasteiger partial charge in [0, 0.05) is 44.3 Å². The van der Waals surface area contributed by atoms with Crippen LogP contribution < -0.4 is 10.0 Å². The molecular weight excluding hydrogens is 376 g/mol. The number of sulfonamides is 1. The van der Waals surface area contributed by atoms with Gasteiger partial charge in [0.1, 0.15) is 10.7 Å². The standard InChI is InChI=1S/C12H17ClFN3O2S.2ClH/c13-10-1-2-12(11(14)9-10)20(18,19)16-5-8-17-6-3-15-4-7-17;;/h1-2,9,15-16H,3-8H2;2*1H. The predicted octanol–water partition coefficient (Wildman–Crippen LogP) is 1.51. The van der Waals surface area contributed by atoms with Crippen molar-refractivity contribution in [3.05, 3.63) is 29.0 Å². The predicted molar refractivity (Wildman–Crippen MR) is 90.4 cm³/mol. The molecule has 0 saturated carbocycles. The van der Waals surface area contributed by atoms with Gasteiger partial charge in [0.15, 0.2) is 0 Å². The van der Waals surface area contributed by atoms with Crippen molar-refractivity contribution >= 4 is 46.4 Å². The van der Waals surface area contributed by atoms with E-state index in [1.165, 1.54) is 12.1 Å². The van der Waals surface area contributed by atoms with Crippen LogP contribution in [0.4, 0.5) is 4.39 Å². The Morgan fingerprint density at radius 1 is 1.27 bits per heavy atom. The van der Waals surface area contributed by atoms with Gasteiger partial charge in [0.05, 0.1) is 0 Å². The molecule has 0 aliphatic carbocycles. The van der Waals surface area contributed by atoms with Gasteiger partial charge < -0.3 is 5.32 Å².